The fraction of sp³-hybridized carbons (Fsp3) is 0.278. The lowest BCUT2D eigenvalue weighted by Crippen LogP contribution is -2.49. The van der Waals surface area contributed by atoms with Crippen LogP contribution in [0.5, 0.6) is 0 Å². The molecule has 2 aromatic carbocycles. The molecule has 0 aromatic heterocycles. The van der Waals surface area contributed by atoms with Crippen LogP contribution in [0.15, 0.2) is 54.6 Å². The summed E-state index contributed by atoms with van der Waals surface area (Å²) in [7, 11) is 0. The molecular weight excluding hydrogens is 260 g/mol. The molecule has 0 unspecified atom stereocenters. The number of nitrogens with one attached hydrogen (secondary N) is 1. The zero-order valence-corrected chi connectivity index (χ0v) is 12.8. The van der Waals surface area contributed by atoms with Gasteiger partial charge in [-0.2, -0.15) is 0 Å². The van der Waals surface area contributed by atoms with Gasteiger partial charge in [0.25, 0.3) is 0 Å². The lowest BCUT2D eigenvalue weighted by Gasteiger charge is -2.22. The number of rotatable bonds is 4. The van der Waals surface area contributed by atoms with Crippen LogP contribution in [-0.4, -0.2) is 11.4 Å². The molecule has 1 amide bonds. The number of benzene rings is 2. The number of carbonyl (C=O) groups is 1. The van der Waals surface area contributed by atoms with Crippen LogP contribution >= 0.6 is 0 Å². The van der Waals surface area contributed by atoms with Crippen molar-refractivity contribution >= 4 is 5.91 Å². The molecule has 0 heterocycles. The number of amides is 1. The van der Waals surface area contributed by atoms with E-state index in [2.05, 4.69) is 29.6 Å². The lowest BCUT2D eigenvalue weighted by atomic mass is 10.0. The van der Waals surface area contributed by atoms with Crippen molar-refractivity contribution in [3.63, 3.8) is 0 Å². The van der Waals surface area contributed by atoms with Gasteiger partial charge in [-0.1, -0.05) is 54.6 Å². The second kappa shape index (κ2) is 6.10. The first-order valence-electron chi connectivity index (χ1n) is 7.13. The van der Waals surface area contributed by atoms with Crippen LogP contribution in [0.4, 0.5) is 0 Å². The van der Waals surface area contributed by atoms with Crippen molar-refractivity contribution in [2.45, 2.75) is 32.4 Å². The molecule has 21 heavy (non-hydrogen) atoms. The summed E-state index contributed by atoms with van der Waals surface area (Å²) in [4.78, 5) is 11.9. The molecular formula is C18H22N2O. The van der Waals surface area contributed by atoms with Crippen molar-refractivity contribution in [2.24, 2.45) is 5.73 Å². The molecule has 0 aliphatic carbocycles. The van der Waals surface area contributed by atoms with Gasteiger partial charge in [-0.05, 0) is 37.5 Å². The lowest BCUT2D eigenvalue weighted by molar-refractivity contribution is -0.125. The van der Waals surface area contributed by atoms with Crippen LogP contribution in [0.2, 0.25) is 0 Å². The van der Waals surface area contributed by atoms with E-state index in [4.69, 9.17) is 5.73 Å². The van der Waals surface area contributed by atoms with E-state index >= 15 is 0 Å². The van der Waals surface area contributed by atoms with E-state index in [0.29, 0.717) is 0 Å². The van der Waals surface area contributed by atoms with Gasteiger partial charge in [0.1, 0.15) is 0 Å². The van der Waals surface area contributed by atoms with E-state index in [1.54, 1.807) is 13.8 Å². The highest BCUT2D eigenvalue weighted by atomic mass is 16.2. The molecule has 3 heteroatoms. The Labute approximate surface area is 126 Å². The molecule has 2 aromatic rings. The predicted octanol–water partition coefficient (Wildman–Crippen LogP) is 3.27. The van der Waals surface area contributed by atoms with Crippen LogP contribution in [-0.2, 0) is 4.79 Å². The Hall–Kier alpha value is -2.13. The SMILES string of the molecule is C[C@H](NC(=O)C(C)(C)N)c1ccc(-c2ccccc2)cc1. The third kappa shape index (κ3) is 3.92. The van der Waals surface area contributed by atoms with Gasteiger partial charge in [0.15, 0.2) is 0 Å². The summed E-state index contributed by atoms with van der Waals surface area (Å²) >= 11 is 0. The Bertz CT molecular complexity index is 597. The van der Waals surface area contributed by atoms with Gasteiger partial charge in [-0.3, -0.25) is 4.79 Å². The van der Waals surface area contributed by atoms with Gasteiger partial charge in [0.2, 0.25) is 5.91 Å². The maximum atomic E-state index is 11.9. The van der Waals surface area contributed by atoms with Crippen molar-refractivity contribution in [3.05, 3.63) is 60.2 Å². The fourth-order valence-electron chi connectivity index (χ4n) is 2.06. The number of nitrogens with two attached hydrogens (primary N) is 1. The molecule has 0 radical (unpaired) electrons. The maximum absolute atomic E-state index is 11.9. The highest BCUT2D eigenvalue weighted by Crippen LogP contribution is 2.21. The predicted molar refractivity (Wildman–Crippen MR) is 86.7 cm³/mol. The molecule has 0 saturated heterocycles. The van der Waals surface area contributed by atoms with Gasteiger partial charge < -0.3 is 11.1 Å². The van der Waals surface area contributed by atoms with Crippen LogP contribution in [0.3, 0.4) is 0 Å². The van der Waals surface area contributed by atoms with Crippen LogP contribution in [0.1, 0.15) is 32.4 Å². The molecule has 0 bridgehead atoms. The Balaban J connectivity index is 2.10. The van der Waals surface area contributed by atoms with E-state index in [1.807, 2.05) is 37.3 Å². The summed E-state index contributed by atoms with van der Waals surface area (Å²) in [5.74, 6) is -0.151. The number of hydrogen-bond acceptors (Lipinski definition) is 2. The zero-order valence-electron chi connectivity index (χ0n) is 12.8. The Morgan fingerprint density at radius 1 is 1.00 bits per heavy atom. The van der Waals surface area contributed by atoms with E-state index in [9.17, 15) is 4.79 Å². The van der Waals surface area contributed by atoms with Crippen LogP contribution in [0, 0.1) is 0 Å². The first-order chi connectivity index (χ1) is 9.88. The molecule has 0 saturated carbocycles. The summed E-state index contributed by atoms with van der Waals surface area (Å²) in [6, 6.07) is 18.4. The van der Waals surface area contributed by atoms with E-state index < -0.39 is 5.54 Å². The van der Waals surface area contributed by atoms with Gasteiger partial charge in [0.05, 0.1) is 11.6 Å². The summed E-state index contributed by atoms with van der Waals surface area (Å²) < 4.78 is 0. The Morgan fingerprint density at radius 2 is 1.52 bits per heavy atom. The van der Waals surface area contributed by atoms with Crippen LogP contribution in [0.25, 0.3) is 11.1 Å². The topological polar surface area (TPSA) is 55.1 Å². The molecule has 2 rings (SSSR count). The minimum atomic E-state index is -0.863. The van der Waals surface area contributed by atoms with Crippen LogP contribution < -0.4 is 11.1 Å². The second-order valence-corrected chi connectivity index (χ2v) is 5.90. The smallest absolute Gasteiger partial charge is 0.239 e. The van der Waals surface area contributed by atoms with E-state index in [0.717, 1.165) is 11.1 Å². The molecule has 3 nitrogen and oxygen atoms in total. The van der Waals surface area contributed by atoms with Crippen molar-refractivity contribution < 1.29 is 4.79 Å². The first-order valence-corrected chi connectivity index (χ1v) is 7.13. The summed E-state index contributed by atoms with van der Waals surface area (Å²) in [5, 5.41) is 2.93. The van der Waals surface area contributed by atoms with E-state index in [1.165, 1.54) is 5.56 Å². The summed E-state index contributed by atoms with van der Waals surface area (Å²) in [6.07, 6.45) is 0. The Kier molecular flexibility index (Phi) is 4.43. The van der Waals surface area contributed by atoms with Crippen molar-refractivity contribution in [1.29, 1.82) is 0 Å². The highest BCUT2D eigenvalue weighted by molar-refractivity contribution is 5.85. The zero-order chi connectivity index (χ0) is 15.5. The number of hydrogen-bond donors (Lipinski definition) is 2. The molecule has 110 valence electrons. The highest BCUT2D eigenvalue weighted by Gasteiger charge is 2.23. The molecule has 1 atom stereocenters. The average molecular weight is 282 g/mol. The fourth-order valence-corrected chi connectivity index (χ4v) is 2.06. The third-order valence-corrected chi connectivity index (χ3v) is 3.45. The van der Waals surface area contributed by atoms with Gasteiger partial charge in [-0.25, -0.2) is 0 Å². The monoisotopic (exact) mass is 282 g/mol. The van der Waals surface area contributed by atoms with Gasteiger partial charge >= 0.3 is 0 Å². The largest absolute Gasteiger partial charge is 0.348 e. The molecule has 0 spiro atoms. The van der Waals surface area contributed by atoms with Crippen molar-refractivity contribution in [3.8, 4) is 11.1 Å². The summed E-state index contributed by atoms with van der Waals surface area (Å²) in [5.41, 5.74) is 8.34. The third-order valence-electron chi connectivity index (χ3n) is 3.45. The first kappa shape index (κ1) is 15.3. The van der Waals surface area contributed by atoms with Crippen molar-refractivity contribution in [1.82, 2.24) is 5.32 Å². The van der Waals surface area contributed by atoms with Crippen molar-refractivity contribution in [2.75, 3.05) is 0 Å². The molecule has 3 N–H and O–H groups in total. The molecule has 0 aliphatic heterocycles. The minimum Gasteiger partial charge on any atom is -0.348 e. The molecule has 0 aliphatic rings. The standard InChI is InChI=1S/C18H22N2O/c1-13(20-17(21)18(2,3)19)14-9-11-16(12-10-14)15-7-5-4-6-8-15/h4-13H,19H2,1-3H3,(H,20,21)/t13-/m0/s1. The van der Waals surface area contributed by atoms with Gasteiger partial charge in [-0.15, -0.1) is 0 Å². The second-order valence-electron chi connectivity index (χ2n) is 5.90. The van der Waals surface area contributed by atoms with E-state index in [-0.39, 0.29) is 11.9 Å². The minimum absolute atomic E-state index is 0.0647. The molecule has 0 fully saturated rings. The average Bonchev–Trinajstić information content (AvgIpc) is 2.47. The summed E-state index contributed by atoms with van der Waals surface area (Å²) in [6.45, 7) is 5.36. The van der Waals surface area contributed by atoms with Gasteiger partial charge in [0, 0.05) is 0 Å². The Morgan fingerprint density at radius 3 is 2.05 bits per heavy atom. The normalized spacial score (nSPS) is 12.8. The quantitative estimate of drug-likeness (QED) is 0.904. The number of carbonyl (C=O) groups excluding carboxylic acids is 1. The maximum Gasteiger partial charge on any atom is 0.239 e.